The molecule has 1 aliphatic rings. The Balaban J connectivity index is 2.51. The highest BCUT2D eigenvalue weighted by atomic mass is 16.1. The van der Waals surface area contributed by atoms with Crippen LogP contribution in [0.5, 0.6) is 0 Å². The second kappa shape index (κ2) is 4.56. The Labute approximate surface area is 80.2 Å². The third-order valence-corrected chi connectivity index (χ3v) is 2.55. The highest BCUT2D eigenvalue weighted by molar-refractivity contribution is 5.92. The molecule has 0 amide bonds. The van der Waals surface area contributed by atoms with Gasteiger partial charge in [0.2, 0.25) is 0 Å². The number of carbonyl (C=O) groups is 1. The van der Waals surface area contributed by atoms with Gasteiger partial charge >= 0.3 is 0 Å². The Morgan fingerprint density at radius 3 is 2.62 bits per heavy atom. The van der Waals surface area contributed by atoms with Crippen molar-refractivity contribution in [3.63, 3.8) is 0 Å². The maximum atomic E-state index is 11.6. The summed E-state index contributed by atoms with van der Waals surface area (Å²) < 4.78 is 0. The van der Waals surface area contributed by atoms with E-state index >= 15 is 0 Å². The Kier molecular flexibility index (Phi) is 3.67. The molecule has 1 rings (SSSR count). The highest BCUT2D eigenvalue weighted by Gasteiger charge is 2.23. The summed E-state index contributed by atoms with van der Waals surface area (Å²) in [5.41, 5.74) is 6.91. The molecule has 0 heterocycles. The third-order valence-electron chi connectivity index (χ3n) is 2.55. The van der Waals surface area contributed by atoms with Gasteiger partial charge in [-0.1, -0.05) is 12.0 Å². The Morgan fingerprint density at radius 2 is 2.08 bits per heavy atom. The summed E-state index contributed by atoms with van der Waals surface area (Å²) in [7, 11) is 0. The van der Waals surface area contributed by atoms with Gasteiger partial charge in [-0.3, -0.25) is 4.79 Å². The SMILES string of the molecule is CC(C)=CC(=O)C1CCCC(N)C1. The predicted octanol–water partition coefficient (Wildman–Crippen LogP) is 2.04. The van der Waals surface area contributed by atoms with Gasteiger partial charge < -0.3 is 5.73 Å². The Bertz CT molecular complexity index is 216. The monoisotopic (exact) mass is 181 g/mol. The van der Waals surface area contributed by atoms with Gasteiger partial charge in [-0.05, 0) is 39.2 Å². The Morgan fingerprint density at radius 1 is 1.38 bits per heavy atom. The predicted molar refractivity (Wildman–Crippen MR) is 54.4 cm³/mol. The molecule has 2 heteroatoms. The van der Waals surface area contributed by atoms with Gasteiger partial charge in [0.15, 0.2) is 5.78 Å². The molecule has 1 fully saturated rings. The van der Waals surface area contributed by atoms with E-state index in [9.17, 15) is 4.79 Å². The van der Waals surface area contributed by atoms with Crippen LogP contribution in [0.1, 0.15) is 39.5 Å². The van der Waals surface area contributed by atoms with Crippen LogP contribution in [-0.4, -0.2) is 11.8 Å². The molecule has 0 spiro atoms. The van der Waals surface area contributed by atoms with Crippen molar-refractivity contribution in [1.29, 1.82) is 0 Å². The molecular formula is C11H19NO. The number of allylic oxidation sites excluding steroid dienone is 2. The lowest BCUT2D eigenvalue weighted by molar-refractivity contribution is -0.119. The highest BCUT2D eigenvalue weighted by Crippen LogP contribution is 2.24. The number of nitrogens with two attached hydrogens (primary N) is 1. The van der Waals surface area contributed by atoms with E-state index in [1.54, 1.807) is 6.08 Å². The first-order valence-corrected chi connectivity index (χ1v) is 5.04. The summed E-state index contributed by atoms with van der Waals surface area (Å²) in [5.74, 6) is 0.466. The van der Waals surface area contributed by atoms with E-state index < -0.39 is 0 Å². The molecule has 1 saturated carbocycles. The largest absolute Gasteiger partial charge is 0.328 e. The molecule has 2 unspecified atom stereocenters. The molecule has 13 heavy (non-hydrogen) atoms. The van der Waals surface area contributed by atoms with Crippen LogP contribution in [0, 0.1) is 5.92 Å². The minimum atomic E-state index is 0.193. The maximum Gasteiger partial charge on any atom is 0.158 e. The van der Waals surface area contributed by atoms with Gasteiger partial charge in [0, 0.05) is 12.0 Å². The molecule has 2 atom stereocenters. The molecule has 0 bridgehead atoms. The smallest absolute Gasteiger partial charge is 0.158 e. The van der Waals surface area contributed by atoms with E-state index in [0.717, 1.165) is 31.3 Å². The molecule has 74 valence electrons. The zero-order valence-electron chi connectivity index (χ0n) is 8.55. The zero-order valence-corrected chi connectivity index (χ0v) is 8.55. The van der Waals surface area contributed by atoms with E-state index in [1.807, 2.05) is 13.8 Å². The first-order chi connectivity index (χ1) is 6.09. The van der Waals surface area contributed by atoms with Crippen LogP contribution < -0.4 is 5.73 Å². The van der Waals surface area contributed by atoms with Crippen molar-refractivity contribution in [2.24, 2.45) is 11.7 Å². The van der Waals surface area contributed by atoms with Crippen molar-refractivity contribution in [1.82, 2.24) is 0 Å². The lowest BCUT2D eigenvalue weighted by atomic mass is 9.83. The second-order valence-electron chi connectivity index (χ2n) is 4.25. The van der Waals surface area contributed by atoms with Crippen LogP contribution in [-0.2, 0) is 4.79 Å². The standard InChI is InChI=1S/C11H19NO/c1-8(2)6-11(13)9-4-3-5-10(12)7-9/h6,9-10H,3-5,7,12H2,1-2H3. The lowest BCUT2D eigenvalue weighted by Gasteiger charge is -2.24. The molecule has 1 aliphatic carbocycles. The summed E-state index contributed by atoms with van der Waals surface area (Å²) >= 11 is 0. The quantitative estimate of drug-likeness (QED) is 0.662. The normalized spacial score (nSPS) is 28.2. The molecule has 0 aromatic heterocycles. The molecule has 0 radical (unpaired) electrons. The van der Waals surface area contributed by atoms with Crippen molar-refractivity contribution in [3.05, 3.63) is 11.6 Å². The fourth-order valence-electron chi connectivity index (χ4n) is 1.89. The van der Waals surface area contributed by atoms with Gasteiger partial charge in [-0.2, -0.15) is 0 Å². The van der Waals surface area contributed by atoms with E-state index in [1.165, 1.54) is 0 Å². The molecule has 0 aromatic carbocycles. The molecule has 0 saturated heterocycles. The fourth-order valence-corrected chi connectivity index (χ4v) is 1.89. The van der Waals surface area contributed by atoms with Crippen molar-refractivity contribution < 1.29 is 4.79 Å². The number of rotatable bonds is 2. The molecule has 0 aliphatic heterocycles. The van der Waals surface area contributed by atoms with Crippen LogP contribution in [0.25, 0.3) is 0 Å². The van der Waals surface area contributed by atoms with Crippen molar-refractivity contribution in [3.8, 4) is 0 Å². The van der Waals surface area contributed by atoms with Crippen LogP contribution in [0.2, 0.25) is 0 Å². The van der Waals surface area contributed by atoms with Crippen LogP contribution in [0.3, 0.4) is 0 Å². The average molecular weight is 181 g/mol. The molecular weight excluding hydrogens is 162 g/mol. The first-order valence-electron chi connectivity index (χ1n) is 5.04. The summed E-state index contributed by atoms with van der Waals surface area (Å²) in [5, 5.41) is 0. The Hall–Kier alpha value is -0.630. The zero-order chi connectivity index (χ0) is 9.84. The van der Waals surface area contributed by atoms with E-state index in [2.05, 4.69) is 0 Å². The maximum absolute atomic E-state index is 11.6. The first kappa shape index (κ1) is 10.5. The third kappa shape index (κ3) is 3.31. The van der Waals surface area contributed by atoms with Gasteiger partial charge in [-0.25, -0.2) is 0 Å². The number of ketones is 1. The summed E-state index contributed by atoms with van der Waals surface area (Å²) in [6, 6.07) is 0.244. The topological polar surface area (TPSA) is 43.1 Å². The molecule has 2 nitrogen and oxygen atoms in total. The van der Waals surface area contributed by atoms with Gasteiger partial charge in [-0.15, -0.1) is 0 Å². The second-order valence-corrected chi connectivity index (χ2v) is 4.25. The van der Waals surface area contributed by atoms with Crippen molar-refractivity contribution in [2.45, 2.75) is 45.6 Å². The van der Waals surface area contributed by atoms with Gasteiger partial charge in [0.1, 0.15) is 0 Å². The summed E-state index contributed by atoms with van der Waals surface area (Å²) in [6.45, 7) is 3.92. The minimum absolute atomic E-state index is 0.193. The number of hydrogen-bond acceptors (Lipinski definition) is 2. The van der Waals surface area contributed by atoms with Gasteiger partial charge in [0.25, 0.3) is 0 Å². The van der Waals surface area contributed by atoms with Crippen molar-refractivity contribution in [2.75, 3.05) is 0 Å². The molecule has 0 aromatic rings. The summed E-state index contributed by atoms with van der Waals surface area (Å²) in [6.07, 6.45) is 5.84. The van der Waals surface area contributed by atoms with E-state index in [4.69, 9.17) is 5.73 Å². The molecule has 2 N–H and O–H groups in total. The number of hydrogen-bond donors (Lipinski definition) is 1. The van der Waals surface area contributed by atoms with Crippen LogP contribution in [0.15, 0.2) is 11.6 Å². The van der Waals surface area contributed by atoms with E-state index in [0.29, 0.717) is 0 Å². The average Bonchev–Trinajstić information content (AvgIpc) is 2.03. The van der Waals surface area contributed by atoms with Crippen LogP contribution in [0.4, 0.5) is 0 Å². The lowest BCUT2D eigenvalue weighted by Crippen LogP contribution is -2.31. The van der Waals surface area contributed by atoms with E-state index in [-0.39, 0.29) is 17.7 Å². The minimum Gasteiger partial charge on any atom is -0.328 e. The summed E-state index contributed by atoms with van der Waals surface area (Å²) in [4.78, 5) is 11.6. The van der Waals surface area contributed by atoms with Gasteiger partial charge in [0.05, 0.1) is 0 Å². The fraction of sp³-hybridized carbons (Fsp3) is 0.727. The van der Waals surface area contributed by atoms with Crippen molar-refractivity contribution >= 4 is 5.78 Å². The number of carbonyl (C=O) groups excluding carboxylic acids is 1. The van der Waals surface area contributed by atoms with Crippen LogP contribution >= 0.6 is 0 Å².